The molecule has 0 radical (unpaired) electrons. The van der Waals surface area contributed by atoms with Crippen molar-refractivity contribution < 1.29 is 4.74 Å². The highest BCUT2D eigenvalue weighted by atomic mass is 16.5. The Morgan fingerprint density at radius 1 is 0.724 bits per heavy atom. The van der Waals surface area contributed by atoms with Crippen LogP contribution in [-0.2, 0) is 13.0 Å². The van der Waals surface area contributed by atoms with E-state index in [4.69, 9.17) is 4.74 Å². The van der Waals surface area contributed by atoms with Gasteiger partial charge in [-0.05, 0) is 35.2 Å². The molecular formula is C26H30N2O. The lowest BCUT2D eigenvalue weighted by Crippen LogP contribution is -2.47. The van der Waals surface area contributed by atoms with Crippen molar-refractivity contribution in [2.24, 2.45) is 0 Å². The van der Waals surface area contributed by atoms with E-state index in [-0.39, 0.29) is 0 Å². The van der Waals surface area contributed by atoms with Crippen molar-refractivity contribution in [1.82, 2.24) is 9.80 Å². The van der Waals surface area contributed by atoms with Crippen LogP contribution in [0.5, 0.6) is 5.75 Å². The summed E-state index contributed by atoms with van der Waals surface area (Å²) in [6.07, 6.45) is 1.06. The Balaban J connectivity index is 1.40. The van der Waals surface area contributed by atoms with Gasteiger partial charge in [0.15, 0.2) is 0 Å². The summed E-state index contributed by atoms with van der Waals surface area (Å²) in [5, 5.41) is 0. The predicted molar refractivity (Wildman–Crippen MR) is 119 cm³/mol. The minimum absolute atomic E-state index is 0.432. The monoisotopic (exact) mass is 386 g/mol. The maximum absolute atomic E-state index is 5.27. The van der Waals surface area contributed by atoms with Crippen molar-refractivity contribution >= 4 is 0 Å². The van der Waals surface area contributed by atoms with Crippen LogP contribution in [-0.4, -0.2) is 43.1 Å². The second-order valence-corrected chi connectivity index (χ2v) is 7.78. The molecule has 1 saturated heterocycles. The largest absolute Gasteiger partial charge is 0.497 e. The van der Waals surface area contributed by atoms with Crippen molar-refractivity contribution in [2.45, 2.75) is 19.0 Å². The number of rotatable bonds is 7. The molecule has 0 N–H and O–H groups in total. The zero-order chi connectivity index (χ0) is 19.9. The number of methoxy groups -OCH3 is 1. The number of nitrogens with zero attached hydrogens (tertiary/aromatic N) is 2. The van der Waals surface area contributed by atoms with Crippen molar-refractivity contribution in [3.63, 3.8) is 0 Å². The molecule has 1 heterocycles. The van der Waals surface area contributed by atoms with Gasteiger partial charge in [0, 0.05) is 38.8 Å². The molecule has 4 rings (SSSR count). The fourth-order valence-electron chi connectivity index (χ4n) is 4.19. The van der Waals surface area contributed by atoms with Crippen LogP contribution in [0.15, 0.2) is 84.9 Å². The maximum atomic E-state index is 5.27. The molecule has 0 amide bonds. The summed E-state index contributed by atoms with van der Waals surface area (Å²) in [6, 6.07) is 30.7. The molecule has 0 bridgehead atoms. The number of ether oxygens (including phenoxy) is 1. The van der Waals surface area contributed by atoms with E-state index in [2.05, 4.69) is 94.7 Å². The highest BCUT2D eigenvalue weighted by molar-refractivity contribution is 5.27. The number of benzene rings is 3. The Labute approximate surface area is 174 Å². The van der Waals surface area contributed by atoms with Crippen molar-refractivity contribution in [2.75, 3.05) is 33.3 Å². The van der Waals surface area contributed by atoms with Crippen LogP contribution in [0.4, 0.5) is 0 Å². The molecule has 1 aliphatic rings. The van der Waals surface area contributed by atoms with Crippen LogP contribution >= 0.6 is 0 Å². The fraction of sp³-hybridized carbons (Fsp3) is 0.308. The van der Waals surface area contributed by atoms with Gasteiger partial charge < -0.3 is 4.74 Å². The molecule has 0 spiro atoms. The third-order valence-electron chi connectivity index (χ3n) is 5.87. The predicted octanol–water partition coefficient (Wildman–Crippen LogP) is 4.80. The molecule has 1 fully saturated rings. The van der Waals surface area contributed by atoms with Gasteiger partial charge in [-0.1, -0.05) is 72.8 Å². The molecule has 29 heavy (non-hydrogen) atoms. The quantitative estimate of drug-likeness (QED) is 0.580. The summed E-state index contributed by atoms with van der Waals surface area (Å²) < 4.78 is 5.27. The number of hydrogen-bond donors (Lipinski definition) is 0. The lowest BCUT2D eigenvalue weighted by atomic mass is 9.96. The van der Waals surface area contributed by atoms with E-state index < -0.39 is 0 Å². The van der Waals surface area contributed by atoms with E-state index in [1.54, 1.807) is 7.11 Å². The minimum atomic E-state index is 0.432. The first-order valence-electron chi connectivity index (χ1n) is 10.5. The highest BCUT2D eigenvalue weighted by Gasteiger charge is 2.25. The summed E-state index contributed by atoms with van der Waals surface area (Å²) in [5.41, 5.74) is 4.17. The normalized spacial score (nSPS) is 16.4. The van der Waals surface area contributed by atoms with Gasteiger partial charge in [-0.15, -0.1) is 0 Å². The van der Waals surface area contributed by atoms with Crippen molar-refractivity contribution in [3.8, 4) is 5.75 Å². The van der Waals surface area contributed by atoms with Gasteiger partial charge in [0.2, 0.25) is 0 Å². The molecular weight excluding hydrogens is 356 g/mol. The van der Waals surface area contributed by atoms with Crippen LogP contribution in [0, 0.1) is 0 Å². The van der Waals surface area contributed by atoms with Crippen molar-refractivity contribution in [1.29, 1.82) is 0 Å². The molecule has 3 aromatic rings. The third-order valence-corrected chi connectivity index (χ3v) is 5.87. The van der Waals surface area contributed by atoms with Gasteiger partial charge in [0.05, 0.1) is 7.11 Å². The van der Waals surface area contributed by atoms with Gasteiger partial charge in [0.25, 0.3) is 0 Å². The zero-order valence-corrected chi connectivity index (χ0v) is 17.2. The maximum Gasteiger partial charge on any atom is 0.118 e. The third kappa shape index (κ3) is 5.26. The Kier molecular flexibility index (Phi) is 6.60. The van der Waals surface area contributed by atoms with Gasteiger partial charge >= 0.3 is 0 Å². The van der Waals surface area contributed by atoms with Gasteiger partial charge in [-0.3, -0.25) is 9.80 Å². The lowest BCUT2D eigenvalue weighted by molar-refractivity contribution is 0.0912. The van der Waals surface area contributed by atoms with E-state index in [0.717, 1.165) is 44.9 Å². The molecule has 0 aliphatic carbocycles. The van der Waals surface area contributed by atoms with E-state index in [1.807, 2.05) is 0 Å². The molecule has 1 unspecified atom stereocenters. The SMILES string of the molecule is COc1ccc(CN2CCN(C(Cc3ccccc3)c3ccccc3)CC2)cc1. The molecule has 150 valence electrons. The lowest BCUT2D eigenvalue weighted by Gasteiger charge is -2.39. The van der Waals surface area contributed by atoms with Crippen molar-refractivity contribution in [3.05, 3.63) is 102 Å². The first-order chi connectivity index (χ1) is 14.3. The first-order valence-corrected chi connectivity index (χ1v) is 10.5. The summed E-state index contributed by atoms with van der Waals surface area (Å²) in [7, 11) is 1.72. The fourth-order valence-corrected chi connectivity index (χ4v) is 4.19. The highest BCUT2D eigenvalue weighted by Crippen LogP contribution is 2.26. The molecule has 0 saturated carbocycles. The summed E-state index contributed by atoms with van der Waals surface area (Å²) in [4.78, 5) is 5.22. The Hall–Kier alpha value is -2.62. The summed E-state index contributed by atoms with van der Waals surface area (Å²) >= 11 is 0. The van der Waals surface area contributed by atoms with Crippen LogP contribution < -0.4 is 4.74 Å². The average Bonchev–Trinajstić information content (AvgIpc) is 2.80. The Morgan fingerprint density at radius 3 is 1.97 bits per heavy atom. The first kappa shape index (κ1) is 19.7. The summed E-state index contributed by atoms with van der Waals surface area (Å²) in [5.74, 6) is 0.921. The molecule has 1 aliphatic heterocycles. The number of hydrogen-bond acceptors (Lipinski definition) is 3. The smallest absolute Gasteiger partial charge is 0.118 e. The summed E-state index contributed by atoms with van der Waals surface area (Å²) in [6.45, 7) is 5.41. The topological polar surface area (TPSA) is 15.7 Å². The van der Waals surface area contributed by atoms with Crippen LogP contribution in [0.3, 0.4) is 0 Å². The second-order valence-electron chi connectivity index (χ2n) is 7.78. The Bertz CT molecular complexity index is 856. The number of piperazine rings is 1. The molecule has 1 atom stereocenters. The van der Waals surface area contributed by atoms with Gasteiger partial charge in [0.1, 0.15) is 5.75 Å². The minimum Gasteiger partial charge on any atom is -0.497 e. The average molecular weight is 387 g/mol. The van der Waals surface area contributed by atoms with E-state index in [0.29, 0.717) is 6.04 Å². The van der Waals surface area contributed by atoms with Crippen LogP contribution in [0.2, 0.25) is 0 Å². The molecule has 0 aromatic heterocycles. The standard InChI is InChI=1S/C26H30N2O/c1-29-25-14-12-23(13-15-25)21-27-16-18-28(19-17-27)26(24-10-6-3-7-11-24)20-22-8-4-2-5-9-22/h2-15,26H,16-21H2,1H3. The second kappa shape index (κ2) is 9.73. The van der Waals surface area contributed by atoms with Gasteiger partial charge in [-0.2, -0.15) is 0 Å². The Morgan fingerprint density at radius 2 is 1.34 bits per heavy atom. The molecule has 3 nitrogen and oxygen atoms in total. The van der Waals surface area contributed by atoms with Crippen LogP contribution in [0.1, 0.15) is 22.7 Å². The van der Waals surface area contributed by atoms with E-state index >= 15 is 0 Å². The van der Waals surface area contributed by atoms with E-state index in [9.17, 15) is 0 Å². The van der Waals surface area contributed by atoms with Crippen LogP contribution in [0.25, 0.3) is 0 Å². The van der Waals surface area contributed by atoms with Gasteiger partial charge in [-0.25, -0.2) is 0 Å². The molecule has 3 aromatic carbocycles. The van der Waals surface area contributed by atoms with E-state index in [1.165, 1.54) is 16.7 Å². The zero-order valence-electron chi connectivity index (χ0n) is 17.2. The molecule has 3 heteroatoms.